The zero-order valence-corrected chi connectivity index (χ0v) is 12.2. The maximum atomic E-state index is 11.8. The van der Waals surface area contributed by atoms with Crippen LogP contribution in [0.3, 0.4) is 0 Å². The van der Waals surface area contributed by atoms with Crippen molar-refractivity contribution >= 4 is 17.5 Å². The monoisotopic (exact) mass is 292 g/mol. The fourth-order valence-corrected chi connectivity index (χ4v) is 2.13. The standard InChI is InChI=1S/C15H20N2O4/c1-10-4-3-5-12(11(10)2)17-14(19)13(18)16-8-15(20)6-7-21-9-15/h3-5,20H,6-9H2,1-2H3,(H,16,18)(H,17,19)/t15-/m1/s1. The van der Waals surface area contributed by atoms with Gasteiger partial charge in [-0.25, -0.2) is 0 Å². The molecule has 1 aromatic carbocycles. The van der Waals surface area contributed by atoms with Gasteiger partial charge in [-0.1, -0.05) is 12.1 Å². The Morgan fingerprint density at radius 1 is 1.33 bits per heavy atom. The van der Waals surface area contributed by atoms with Crippen LogP contribution in [0.4, 0.5) is 5.69 Å². The lowest BCUT2D eigenvalue weighted by molar-refractivity contribution is -0.136. The normalized spacial score (nSPS) is 21.1. The molecule has 2 amide bonds. The molecule has 0 unspecified atom stereocenters. The topological polar surface area (TPSA) is 87.7 Å². The van der Waals surface area contributed by atoms with Gasteiger partial charge in [0.25, 0.3) is 0 Å². The molecule has 1 heterocycles. The lowest BCUT2D eigenvalue weighted by Gasteiger charge is -2.20. The molecule has 0 bridgehead atoms. The summed E-state index contributed by atoms with van der Waals surface area (Å²) in [5.41, 5.74) is 1.49. The number of hydrogen-bond acceptors (Lipinski definition) is 4. The van der Waals surface area contributed by atoms with E-state index < -0.39 is 17.4 Å². The molecule has 1 aromatic rings. The second-order valence-electron chi connectivity index (χ2n) is 5.41. The molecular weight excluding hydrogens is 272 g/mol. The molecule has 114 valence electrons. The molecule has 1 fully saturated rings. The van der Waals surface area contributed by atoms with E-state index >= 15 is 0 Å². The Hall–Kier alpha value is -1.92. The molecule has 1 aliphatic heterocycles. The molecule has 6 nitrogen and oxygen atoms in total. The van der Waals surface area contributed by atoms with E-state index in [1.54, 1.807) is 6.07 Å². The summed E-state index contributed by atoms with van der Waals surface area (Å²) in [6.45, 7) is 4.45. The molecule has 21 heavy (non-hydrogen) atoms. The third-order valence-corrected chi connectivity index (χ3v) is 3.72. The predicted octanol–water partition coefficient (Wildman–Crippen LogP) is 0.510. The van der Waals surface area contributed by atoms with Crippen LogP contribution in [0.5, 0.6) is 0 Å². The van der Waals surface area contributed by atoms with Gasteiger partial charge in [0.15, 0.2) is 0 Å². The fraction of sp³-hybridized carbons (Fsp3) is 0.467. The van der Waals surface area contributed by atoms with E-state index in [-0.39, 0.29) is 13.2 Å². The van der Waals surface area contributed by atoms with Gasteiger partial charge in [-0.3, -0.25) is 9.59 Å². The number of aryl methyl sites for hydroxylation is 1. The van der Waals surface area contributed by atoms with E-state index in [1.807, 2.05) is 26.0 Å². The number of anilines is 1. The minimum atomic E-state index is -1.07. The van der Waals surface area contributed by atoms with Crippen LogP contribution < -0.4 is 10.6 Å². The first-order valence-corrected chi connectivity index (χ1v) is 6.87. The largest absolute Gasteiger partial charge is 0.386 e. The number of ether oxygens (including phenoxy) is 1. The van der Waals surface area contributed by atoms with Crippen molar-refractivity contribution < 1.29 is 19.4 Å². The van der Waals surface area contributed by atoms with E-state index in [9.17, 15) is 14.7 Å². The van der Waals surface area contributed by atoms with Crippen LogP contribution in [0.1, 0.15) is 17.5 Å². The van der Waals surface area contributed by atoms with Gasteiger partial charge in [0.05, 0.1) is 6.61 Å². The molecule has 0 radical (unpaired) electrons. The average molecular weight is 292 g/mol. The van der Waals surface area contributed by atoms with Crippen LogP contribution >= 0.6 is 0 Å². The summed E-state index contributed by atoms with van der Waals surface area (Å²) in [4.78, 5) is 23.6. The summed E-state index contributed by atoms with van der Waals surface area (Å²) in [7, 11) is 0. The molecule has 0 saturated carbocycles. The Kier molecular flexibility index (Phi) is 4.59. The minimum Gasteiger partial charge on any atom is -0.386 e. The maximum absolute atomic E-state index is 11.8. The molecular formula is C15H20N2O4. The summed E-state index contributed by atoms with van der Waals surface area (Å²) in [5, 5.41) is 15.0. The average Bonchev–Trinajstić information content (AvgIpc) is 2.88. The van der Waals surface area contributed by atoms with Gasteiger partial charge in [0.2, 0.25) is 0 Å². The van der Waals surface area contributed by atoms with Crippen molar-refractivity contribution in [2.24, 2.45) is 0 Å². The Bertz CT molecular complexity index is 551. The van der Waals surface area contributed by atoms with Gasteiger partial charge in [-0.2, -0.15) is 0 Å². The SMILES string of the molecule is Cc1cccc(NC(=O)C(=O)NC[C@]2(O)CCOC2)c1C. The molecule has 1 saturated heterocycles. The van der Waals surface area contributed by atoms with E-state index in [0.29, 0.717) is 18.7 Å². The summed E-state index contributed by atoms with van der Waals surface area (Å²) in [5.74, 6) is -1.51. The molecule has 6 heteroatoms. The number of aliphatic hydroxyl groups is 1. The van der Waals surface area contributed by atoms with Gasteiger partial charge in [-0.15, -0.1) is 0 Å². The number of amides is 2. The number of carbonyl (C=O) groups is 2. The quantitative estimate of drug-likeness (QED) is 0.708. The second-order valence-corrected chi connectivity index (χ2v) is 5.41. The fourth-order valence-electron chi connectivity index (χ4n) is 2.13. The summed E-state index contributed by atoms with van der Waals surface area (Å²) in [6.07, 6.45) is 0.450. The first-order valence-electron chi connectivity index (χ1n) is 6.87. The lowest BCUT2D eigenvalue weighted by Crippen LogP contribution is -2.46. The zero-order valence-electron chi connectivity index (χ0n) is 12.2. The van der Waals surface area contributed by atoms with Crippen LogP contribution in [-0.2, 0) is 14.3 Å². The highest BCUT2D eigenvalue weighted by Gasteiger charge is 2.33. The van der Waals surface area contributed by atoms with Crippen molar-refractivity contribution in [3.05, 3.63) is 29.3 Å². The van der Waals surface area contributed by atoms with Crippen molar-refractivity contribution in [2.45, 2.75) is 25.9 Å². The van der Waals surface area contributed by atoms with Crippen molar-refractivity contribution in [3.8, 4) is 0 Å². The third-order valence-electron chi connectivity index (χ3n) is 3.72. The van der Waals surface area contributed by atoms with Gasteiger partial charge < -0.3 is 20.5 Å². The van der Waals surface area contributed by atoms with Crippen LogP contribution in [-0.4, -0.2) is 42.3 Å². The van der Waals surface area contributed by atoms with E-state index in [4.69, 9.17) is 4.74 Å². The van der Waals surface area contributed by atoms with Crippen LogP contribution in [0.2, 0.25) is 0 Å². The van der Waals surface area contributed by atoms with Crippen molar-refractivity contribution in [3.63, 3.8) is 0 Å². The molecule has 0 spiro atoms. The molecule has 2 rings (SSSR count). The third kappa shape index (κ3) is 3.80. The number of nitrogens with one attached hydrogen (secondary N) is 2. The van der Waals surface area contributed by atoms with Crippen LogP contribution in [0, 0.1) is 13.8 Å². The maximum Gasteiger partial charge on any atom is 0.313 e. The summed E-state index contributed by atoms with van der Waals surface area (Å²) in [6, 6.07) is 5.49. The number of hydrogen-bond donors (Lipinski definition) is 3. The smallest absolute Gasteiger partial charge is 0.313 e. The second kappa shape index (κ2) is 6.24. The van der Waals surface area contributed by atoms with Crippen molar-refractivity contribution in [2.75, 3.05) is 25.1 Å². The highest BCUT2D eigenvalue weighted by molar-refractivity contribution is 6.39. The van der Waals surface area contributed by atoms with E-state index in [1.165, 1.54) is 0 Å². The molecule has 1 aliphatic rings. The number of carbonyl (C=O) groups excluding carboxylic acids is 2. The highest BCUT2D eigenvalue weighted by atomic mass is 16.5. The van der Waals surface area contributed by atoms with Crippen LogP contribution in [0.15, 0.2) is 18.2 Å². The molecule has 1 atom stereocenters. The van der Waals surface area contributed by atoms with Gasteiger partial charge in [0.1, 0.15) is 5.60 Å². The number of rotatable bonds is 3. The summed E-state index contributed by atoms with van der Waals surface area (Å²) >= 11 is 0. The van der Waals surface area contributed by atoms with Gasteiger partial charge >= 0.3 is 11.8 Å². The highest BCUT2D eigenvalue weighted by Crippen LogP contribution is 2.18. The Labute approximate surface area is 123 Å². The first-order chi connectivity index (χ1) is 9.91. The van der Waals surface area contributed by atoms with E-state index in [2.05, 4.69) is 10.6 Å². The van der Waals surface area contributed by atoms with Crippen molar-refractivity contribution in [1.82, 2.24) is 5.32 Å². The summed E-state index contributed by atoms with van der Waals surface area (Å²) < 4.78 is 5.08. The van der Waals surface area contributed by atoms with Gasteiger partial charge in [-0.05, 0) is 31.0 Å². The molecule has 3 N–H and O–H groups in total. The van der Waals surface area contributed by atoms with Crippen LogP contribution in [0.25, 0.3) is 0 Å². The lowest BCUT2D eigenvalue weighted by atomic mass is 10.0. The van der Waals surface area contributed by atoms with E-state index in [0.717, 1.165) is 11.1 Å². The Morgan fingerprint density at radius 2 is 2.10 bits per heavy atom. The first kappa shape index (κ1) is 15.5. The minimum absolute atomic E-state index is 0.00600. The Balaban J connectivity index is 1.91. The predicted molar refractivity (Wildman–Crippen MR) is 77.9 cm³/mol. The molecule has 0 aromatic heterocycles. The molecule has 0 aliphatic carbocycles. The number of benzene rings is 1. The Morgan fingerprint density at radius 3 is 2.76 bits per heavy atom. The zero-order chi connectivity index (χ0) is 15.5. The van der Waals surface area contributed by atoms with Crippen molar-refractivity contribution in [1.29, 1.82) is 0 Å². The van der Waals surface area contributed by atoms with Gasteiger partial charge in [0, 0.05) is 25.3 Å².